The van der Waals surface area contributed by atoms with Gasteiger partial charge in [0.05, 0.1) is 13.2 Å². The van der Waals surface area contributed by atoms with E-state index in [1.807, 2.05) is 0 Å². The smallest absolute Gasteiger partial charge is 0.115 e. The molecule has 2 fully saturated rings. The van der Waals surface area contributed by atoms with Crippen LogP contribution in [0.3, 0.4) is 0 Å². The van der Waals surface area contributed by atoms with Crippen molar-refractivity contribution in [1.82, 2.24) is 0 Å². The lowest BCUT2D eigenvalue weighted by Crippen LogP contribution is -2.32. The fourth-order valence-electron chi connectivity index (χ4n) is 1.74. The van der Waals surface area contributed by atoms with Gasteiger partial charge in [-0.3, -0.25) is 0 Å². The third kappa shape index (κ3) is 1.56. The molecule has 4 heteroatoms. The first-order chi connectivity index (χ1) is 6.33. The molecular formula is C9H12O4. The zero-order valence-electron chi connectivity index (χ0n) is 7.18. The highest BCUT2D eigenvalue weighted by atomic mass is 16.6. The molecule has 0 aliphatic carbocycles. The van der Waals surface area contributed by atoms with Crippen molar-refractivity contribution >= 4 is 0 Å². The Labute approximate surface area is 76.8 Å². The minimum atomic E-state index is -0.524. The number of hydrogen-bond acceptors (Lipinski definition) is 4. The van der Waals surface area contributed by atoms with Crippen molar-refractivity contribution in [3.05, 3.63) is 0 Å². The molecule has 2 rings (SSSR count). The topological polar surface area (TPSA) is 47.9 Å². The average Bonchev–Trinajstić information content (AvgIpc) is 2.67. The van der Waals surface area contributed by atoms with Gasteiger partial charge in [-0.25, -0.2) is 0 Å². The van der Waals surface area contributed by atoms with E-state index in [-0.39, 0.29) is 24.9 Å². The summed E-state index contributed by atoms with van der Waals surface area (Å²) in [6.45, 7) is 1.04. The third-order valence-corrected chi connectivity index (χ3v) is 2.36. The van der Waals surface area contributed by atoms with E-state index in [4.69, 9.17) is 20.6 Å². The second kappa shape index (κ2) is 3.64. The summed E-state index contributed by atoms with van der Waals surface area (Å²) in [5.74, 6) is 2.39. The van der Waals surface area contributed by atoms with E-state index in [0.29, 0.717) is 13.2 Å². The second-order valence-corrected chi connectivity index (χ2v) is 3.22. The van der Waals surface area contributed by atoms with Crippen LogP contribution in [-0.2, 0) is 14.2 Å². The van der Waals surface area contributed by atoms with Gasteiger partial charge in [0.1, 0.15) is 31.0 Å². The fourth-order valence-corrected chi connectivity index (χ4v) is 1.74. The Morgan fingerprint density at radius 3 is 2.92 bits per heavy atom. The van der Waals surface area contributed by atoms with Gasteiger partial charge in [0.25, 0.3) is 0 Å². The predicted molar refractivity (Wildman–Crippen MR) is 44.1 cm³/mol. The van der Waals surface area contributed by atoms with Gasteiger partial charge in [-0.15, -0.1) is 6.42 Å². The Morgan fingerprint density at radius 1 is 1.38 bits per heavy atom. The Hall–Kier alpha value is -0.600. The molecule has 0 saturated carbocycles. The number of ether oxygens (including phenoxy) is 3. The van der Waals surface area contributed by atoms with Crippen molar-refractivity contribution in [2.24, 2.45) is 0 Å². The number of aliphatic hydroxyl groups is 1. The summed E-state index contributed by atoms with van der Waals surface area (Å²) < 4.78 is 16.0. The maximum atomic E-state index is 9.40. The predicted octanol–water partition coefficient (Wildman–Crippen LogP) is -0.837. The van der Waals surface area contributed by atoms with E-state index in [1.165, 1.54) is 0 Å². The molecule has 0 unspecified atom stereocenters. The Balaban J connectivity index is 1.91. The molecule has 0 amide bonds. The molecule has 2 aliphatic rings. The Kier molecular flexibility index (Phi) is 2.51. The number of terminal acetylenes is 1. The van der Waals surface area contributed by atoms with Crippen LogP contribution in [-0.4, -0.2) is 49.3 Å². The molecule has 0 spiro atoms. The van der Waals surface area contributed by atoms with Crippen LogP contribution in [0.5, 0.6) is 0 Å². The first kappa shape index (κ1) is 8.97. The van der Waals surface area contributed by atoms with Crippen molar-refractivity contribution in [2.45, 2.75) is 24.4 Å². The van der Waals surface area contributed by atoms with Crippen LogP contribution in [0.25, 0.3) is 0 Å². The molecule has 2 saturated heterocycles. The van der Waals surface area contributed by atoms with Crippen LogP contribution in [0.15, 0.2) is 0 Å². The molecule has 1 N–H and O–H groups in total. The zero-order valence-corrected chi connectivity index (χ0v) is 7.18. The summed E-state index contributed by atoms with van der Waals surface area (Å²) in [7, 11) is 0. The van der Waals surface area contributed by atoms with Gasteiger partial charge in [-0.1, -0.05) is 5.92 Å². The van der Waals surface area contributed by atoms with Crippen LogP contribution >= 0.6 is 0 Å². The summed E-state index contributed by atoms with van der Waals surface area (Å²) in [4.78, 5) is 0. The lowest BCUT2D eigenvalue weighted by Gasteiger charge is -2.14. The molecule has 0 aromatic heterocycles. The molecule has 0 radical (unpaired) electrons. The molecule has 0 aromatic carbocycles. The summed E-state index contributed by atoms with van der Waals surface area (Å²) >= 11 is 0. The lowest BCUT2D eigenvalue weighted by molar-refractivity contribution is -0.0264. The van der Waals surface area contributed by atoms with Gasteiger partial charge in [0.2, 0.25) is 0 Å². The summed E-state index contributed by atoms with van der Waals surface area (Å²) in [5, 5.41) is 9.40. The van der Waals surface area contributed by atoms with Crippen molar-refractivity contribution in [2.75, 3.05) is 19.8 Å². The molecule has 0 aromatic rings. The molecule has 4 nitrogen and oxygen atoms in total. The van der Waals surface area contributed by atoms with Crippen molar-refractivity contribution in [3.63, 3.8) is 0 Å². The van der Waals surface area contributed by atoms with E-state index in [2.05, 4.69) is 5.92 Å². The molecule has 2 aliphatic heterocycles. The van der Waals surface area contributed by atoms with Gasteiger partial charge in [0, 0.05) is 0 Å². The Bertz CT molecular complexity index is 222. The zero-order chi connectivity index (χ0) is 9.26. The number of rotatable bonds is 2. The minimum Gasteiger partial charge on any atom is -0.388 e. The molecule has 72 valence electrons. The van der Waals surface area contributed by atoms with E-state index in [1.54, 1.807) is 0 Å². The van der Waals surface area contributed by atoms with Gasteiger partial charge in [-0.05, 0) is 0 Å². The maximum absolute atomic E-state index is 9.40. The van der Waals surface area contributed by atoms with Gasteiger partial charge in [0.15, 0.2) is 0 Å². The van der Waals surface area contributed by atoms with Crippen molar-refractivity contribution in [1.29, 1.82) is 0 Å². The highest BCUT2D eigenvalue weighted by Gasteiger charge is 2.47. The van der Waals surface area contributed by atoms with E-state index in [0.717, 1.165) is 0 Å². The highest BCUT2D eigenvalue weighted by molar-refractivity contribution is 4.96. The molecule has 13 heavy (non-hydrogen) atoms. The second-order valence-electron chi connectivity index (χ2n) is 3.22. The van der Waals surface area contributed by atoms with Crippen LogP contribution in [0, 0.1) is 12.3 Å². The largest absolute Gasteiger partial charge is 0.388 e. The monoisotopic (exact) mass is 184 g/mol. The lowest BCUT2D eigenvalue weighted by atomic mass is 10.1. The van der Waals surface area contributed by atoms with E-state index < -0.39 is 6.10 Å². The van der Waals surface area contributed by atoms with E-state index in [9.17, 15) is 5.11 Å². The standard InChI is InChI=1S/C9H12O4/c1-2-3-11-7-5-13-8-6(10)4-12-9(7)8/h1,6-10H,3-5H2/t6-,7+,8-,9+/m0/s1. The molecule has 0 bridgehead atoms. The van der Waals surface area contributed by atoms with E-state index >= 15 is 0 Å². The number of aliphatic hydroxyl groups excluding tert-OH is 1. The normalized spacial score (nSPS) is 43.1. The quantitative estimate of drug-likeness (QED) is 0.569. The van der Waals surface area contributed by atoms with Crippen molar-refractivity contribution < 1.29 is 19.3 Å². The Morgan fingerprint density at radius 2 is 2.15 bits per heavy atom. The SMILES string of the molecule is C#CCO[C@@H]1CO[C@@H]2[C@@H]1OC[C@@H]2O. The van der Waals surface area contributed by atoms with Crippen LogP contribution < -0.4 is 0 Å². The summed E-state index contributed by atoms with van der Waals surface area (Å²) in [6, 6.07) is 0. The van der Waals surface area contributed by atoms with Crippen LogP contribution in [0.4, 0.5) is 0 Å². The van der Waals surface area contributed by atoms with Gasteiger partial charge < -0.3 is 19.3 Å². The fraction of sp³-hybridized carbons (Fsp3) is 0.778. The molecular weight excluding hydrogens is 172 g/mol. The summed E-state index contributed by atoms with van der Waals surface area (Å²) in [5.41, 5.74) is 0. The molecule has 4 atom stereocenters. The third-order valence-electron chi connectivity index (χ3n) is 2.36. The minimum absolute atomic E-state index is 0.127. The highest BCUT2D eigenvalue weighted by Crippen LogP contribution is 2.28. The van der Waals surface area contributed by atoms with Gasteiger partial charge in [-0.2, -0.15) is 0 Å². The number of fused-ring (bicyclic) bond motifs is 1. The average molecular weight is 184 g/mol. The summed E-state index contributed by atoms with van der Waals surface area (Å²) in [6.07, 6.45) is 4.03. The number of hydrogen-bond donors (Lipinski definition) is 1. The maximum Gasteiger partial charge on any atom is 0.115 e. The first-order valence-corrected chi connectivity index (χ1v) is 4.29. The molecule has 2 heterocycles. The van der Waals surface area contributed by atoms with Gasteiger partial charge >= 0.3 is 0 Å². The van der Waals surface area contributed by atoms with Crippen LogP contribution in [0.1, 0.15) is 0 Å². The first-order valence-electron chi connectivity index (χ1n) is 4.29. The van der Waals surface area contributed by atoms with Crippen LogP contribution in [0.2, 0.25) is 0 Å². The van der Waals surface area contributed by atoms with Crippen molar-refractivity contribution in [3.8, 4) is 12.3 Å².